The molecule has 0 aromatic carbocycles. The van der Waals surface area contributed by atoms with Gasteiger partial charge in [-0.1, -0.05) is 0 Å². The van der Waals surface area contributed by atoms with Gasteiger partial charge in [-0.3, -0.25) is 29.8 Å². The Morgan fingerprint density at radius 3 is 1.36 bits per heavy atom. The van der Waals surface area contributed by atoms with Gasteiger partial charge in [0.15, 0.2) is 0 Å². The van der Waals surface area contributed by atoms with E-state index in [0.29, 0.717) is 0 Å². The quantitative estimate of drug-likeness (QED) is 0.469. The predicted octanol–water partition coefficient (Wildman–Crippen LogP) is -2.06. The topological polar surface area (TPSA) is 92.3 Å². The van der Waals surface area contributed by atoms with E-state index in [1.54, 1.807) is 0 Å². The lowest BCUT2D eigenvalue weighted by atomic mass is 9.89. The van der Waals surface area contributed by atoms with Crippen molar-refractivity contribution in [1.29, 1.82) is 0 Å². The fourth-order valence-electron chi connectivity index (χ4n) is 1.50. The van der Waals surface area contributed by atoms with Crippen LogP contribution in [0.5, 0.6) is 0 Å². The third kappa shape index (κ3) is 1.28. The first-order valence-corrected chi connectivity index (χ1v) is 3.97. The average Bonchev–Trinajstić information content (AvgIpc) is 2.55. The van der Waals surface area contributed by atoms with E-state index in [2.05, 4.69) is 0 Å². The zero-order valence-corrected chi connectivity index (χ0v) is 6.94. The van der Waals surface area contributed by atoms with Crippen LogP contribution in [-0.2, 0) is 19.2 Å². The maximum atomic E-state index is 11.1. The summed E-state index contributed by atoms with van der Waals surface area (Å²) in [6.07, 6.45) is 2.23. The van der Waals surface area contributed by atoms with Crippen LogP contribution in [0, 0.1) is 24.7 Å². The van der Waals surface area contributed by atoms with Crippen molar-refractivity contribution >= 4 is 23.6 Å². The summed E-state index contributed by atoms with van der Waals surface area (Å²) >= 11 is 0. The molecule has 6 heteroatoms. The number of rotatable bonds is 1. The standard InChI is InChI=1S/C8H6N2O4/c11-5-1-3(7(13)9-5)4-2-6(12)10-8(4)14/h1-4H,(H,9,11,13)(H,10,12,14). The number of carbonyl (C=O) groups is 4. The smallest absolute Gasteiger partial charge is 0.231 e. The molecule has 72 valence electrons. The van der Waals surface area contributed by atoms with Crippen LogP contribution in [0.15, 0.2) is 0 Å². The Bertz CT molecular complexity index is 315. The summed E-state index contributed by atoms with van der Waals surface area (Å²) in [5, 5.41) is 4.07. The summed E-state index contributed by atoms with van der Waals surface area (Å²) in [6.45, 7) is 0. The highest BCUT2D eigenvalue weighted by Crippen LogP contribution is 2.25. The molecule has 0 bridgehead atoms. The summed E-state index contributed by atoms with van der Waals surface area (Å²) in [5.74, 6) is -3.84. The van der Waals surface area contributed by atoms with E-state index in [1.807, 2.05) is 10.6 Å². The molecule has 2 unspecified atom stereocenters. The van der Waals surface area contributed by atoms with E-state index in [9.17, 15) is 19.2 Å². The van der Waals surface area contributed by atoms with Crippen LogP contribution in [0.4, 0.5) is 0 Å². The Morgan fingerprint density at radius 1 is 0.786 bits per heavy atom. The Morgan fingerprint density at radius 2 is 1.14 bits per heavy atom. The second-order valence-electron chi connectivity index (χ2n) is 3.09. The van der Waals surface area contributed by atoms with Crippen molar-refractivity contribution in [2.45, 2.75) is 0 Å². The molecular formula is C8H6N2O4. The van der Waals surface area contributed by atoms with Gasteiger partial charge in [-0.05, 0) is 0 Å². The monoisotopic (exact) mass is 194 g/mol. The minimum absolute atomic E-state index is 0.527. The normalized spacial score (nSPS) is 32.0. The van der Waals surface area contributed by atoms with E-state index in [1.165, 1.54) is 0 Å². The highest BCUT2D eigenvalue weighted by atomic mass is 16.2. The van der Waals surface area contributed by atoms with Crippen LogP contribution >= 0.6 is 0 Å². The van der Waals surface area contributed by atoms with E-state index in [-0.39, 0.29) is 0 Å². The first-order valence-electron chi connectivity index (χ1n) is 3.97. The maximum Gasteiger partial charge on any atom is 0.231 e. The van der Waals surface area contributed by atoms with Crippen molar-refractivity contribution in [3.05, 3.63) is 12.8 Å². The molecule has 2 heterocycles. The van der Waals surface area contributed by atoms with Crippen molar-refractivity contribution in [3.8, 4) is 0 Å². The van der Waals surface area contributed by atoms with Crippen LogP contribution in [-0.4, -0.2) is 23.6 Å². The van der Waals surface area contributed by atoms with Gasteiger partial charge in [0.25, 0.3) is 0 Å². The van der Waals surface area contributed by atoms with Gasteiger partial charge in [-0.25, -0.2) is 0 Å². The minimum atomic E-state index is -0.853. The molecule has 0 spiro atoms. The van der Waals surface area contributed by atoms with Gasteiger partial charge in [-0.2, -0.15) is 0 Å². The van der Waals surface area contributed by atoms with Crippen LogP contribution in [0.25, 0.3) is 0 Å². The molecule has 2 N–H and O–H groups in total. The lowest BCUT2D eigenvalue weighted by Gasteiger charge is -2.09. The third-order valence-electron chi connectivity index (χ3n) is 2.15. The van der Waals surface area contributed by atoms with Crippen LogP contribution in [0.2, 0.25) is 0 Å². The lowest BCUT2D eigenvalue weighted by Crippen LogP contribution is -2.31. The number of hydrogen-bond acceptors (Lipinski definition) is 4. The number of imide groups is 2. The summed E-state index contributed by atoms with van der Waals surface area (Å²) in [6, 6.07) is 0. The molecule has 2 aliphatic rings. The van der Waals surface area contributed by atoms with Gasteiger partial charge in [0.1, 0.15) is 0 Å². The van der Waals surface area contributed by atoms with Gasteiger partial charge < -0.3 is 0 Å². The molecular weight excluding hydrogens is 188 g/mol. The van der Waals surface area contributed by atoms with Gasteiger partial charge in [0, 0.05) is 0 Å². The number of hydrogen-bond donors (Lipinski definition) is 2. The largest absolute Gasteiger partial charge is 0.296 e. The van der Waals surface area contributed by atoms with Gasteiger partial charge in [-0.15, -0.1) is 0 Å². The predicted molar refractivity (Wildman–Crippen MR) is 41.9 cm³/mol. The third-order valence-corrected chi connectivity index (χ3v) is 2.15. The summed E-state index contributed by atoms with van der Waals surface area (Å²) in [7, 11) is 0. The number of amides is 4. The molecule has 0 aliphatic carbocycles. The Balaban J connectivity index is 2.16. The Kier molecular flexibility index (Phi) is 1.83. The molecule has 2 saturated heterocycles. The zero-order chi connectivity index (χ0) is 10.3. The fraction of sp³-hybridized carbons (Fsp3) is 0.250. The zero-order valence-electron chi connectivity index (χ0n) is 6.94. The van der Waals surface area contributed by atoms with Crippen molar-refractivity contribution in [1.82, 2.24) is 10.6 Å². The van der Waals surface area contributed by atoms with E-state index in [4.69, 9.17) is 0 Å². The molecule has 0 saturated carbocycles. The van der Waals surface area contributed by atoms with Crippen molar-refractivity contribution < 1.29 is 19.2 Å². The molecule has 0 aromatic rings. The van der Waals surface area contributed by atoms with Crippen LogP contribution < -0.4 is 10.6 Å². The van der Waals surface area contributed by atoms with Crippen molar-refractivity contribution in [2.24, 2.45) is 11.8 Å². The molecule has 0 aromatic heterocycles. The first-order chi connectivity index (χ1) is 6.58. The average molecular weight is 194 g/mol. The maximum absolute atomic E-state index is 11.1. The molecule has 2 atom stereocenters. The fourth-order valence-corrected chi connectivity index (χ4v) is 1.50. The Hall–Kier alpha value is -1.72. The van der Waals surface area contributed by atoms with Crippen molar-refractivity contribution in [2.75, 3.05) is 0 Å². The van der Waals surface area contributed by atoms with E-state index in [0.717, 1.165) is 12.8 Å². The van der Waals surface area contributed by atoms with Gasteiger partial charge in [0.05, 0.1) is 24.7 Å². The van der Waals surface area contributed by atoms with E-state index >= 15 is 0 Å². The molecule has 6 nitrogen and oxygen atoms in total. The lowest BCUT2D eigenvalue weighted by molar-refractivity contribution is -0.131. The molecule has 2 radical (unpaired) electrons. The number of nitrogens with one attached hydrogen (secondary N) is 2. The summed E-state index contributed by atoms with van der Waals surface area (Å²) in [4.78, 5) is 43.9. The molecule has 14 heavy (non-hydrogen) atoms. The highest BCUT2D eigenvalue weighted by Gasteiger charge is 2.45. The van der Waals surface area contributed by atoms with E-state index < -0.39 is 35.5 Å². The van der Waals surface area contributed by atoms with Gasteiger partial charge in [0.2, 0.25) is 23.6 Å². The SMILES string of the molecule is O=C1[CH]C(C2[CH]C(=O)NC2=O)C(=O)N1. The van der Waals surface area contributed by atoms with Crippen molar-refractivity contribution in [3.63, 3.8) is 0 Å². The molecule has 4 amide bonds. The van der Waals surface area contributed by atoms with Crippen LogP contribution in [0.1, 0.15) is 0 Å². The minimum Gasteiger partial charge on any atom is -0.296 e. The van der Waals surface area contributed by atoms with Gasteiger partial charge >= 0.3 is 0 Å². The first kappa shape index (κ1) is 8.86. The molecule has 2 aliphatic heterocycles. The molecule has 2 fully saturated rings. The number of carbonyl (C=O) groups excluding carboxylic acids is 4. The molecule has 2 rings (SSSR count). The Labute approximate surface area is 79.0 Å². The second-order valence-corrected chi connectivity index (χ2v) is 3.09. The second kappa shape index (κ2) is 2.90. The summed E-state index contributed by atoms with van der Waals surface area (Å²) in [5.41, 5.74) is 0. The van der Waals surface area contributed by atoms with Crippen LogP contribution in [0.3, 0.4) is 0 Å². The summed E-state index contributed by atoms with van der Waals surface area (Å²) < 4.78 is 0. The highest BCUT2D eigenvalue weighted by molar-refractivity contribution is 6.15.